The lowest BCUT2D eigenvalue weighted by atomic mass is 10.1. The maximum Gasteiger partial charge on any atom is 0.341 e. The van der Waals surface area contributed by atoms with E-state index >= 15 is 0 Å². The molecule has 29 heavy (non-hydrogen) atoms. The molecule has 1 aromatic rings. The second-order valence-corrected chi connectivity index (χ2v) is 9.10. The summed E-state index contributed by atoms with van der Waals surface area (Å²) < 4.78 is 28.6. The molecule has 164 valence electrons. The first-order valence-electron chi connectivity index (χ1n) is 11.2. The van der Waals surface area contributed by atoms with Gasteiger partial charge in [-0.15, -0.1) is 0 Å². The van der Waals surface area contributed by atoms with E-state index in [1.54, 1.807) is 18.2 Å². The Hall–Kier alpha value is -1.62. The van der Waals surface area contributed by atoms with Gasteiger partial charge in [-0.25, -0.2) is 0 Å². The lowest BCUT2D eigenvalue weighted by Gasteiger charge is -2.05. The number of hydrogen-bond donors (Lipinski definition) is 0. The molecular formula is C24H38O4S. The fourth-order valence-corrected chi connectivity index (χ4v) is 4.05. The van der Waals surface area contributed by atoms with Gasteiger partial charge in [0.2, 0.25) is 0 Å². The molecule has 0 aliphatic heterocycles. The van der Waals surface area contributed by atoms with E-state index in [1.807, 2.05) is 0 Å². The number of benzene rings is 1. The molecule has 0 bridgehead atoms. The summed E-state index contributed by atoms with van der Waals surface area (Å²) in [7, 11) is -3.99. The molecule has 1 aromatic carbocycles. The fraction of sp³-hybridized carbons (Fsp3) is 0.625. The minimum Gasteiger partial charge on any atom is -0.342 e. The van der Waals surface area contributed by atoms with Gasteiger partial charge in [0.1, 0.15) is 4.90 Å². The van der Waals surface area contributed by atoms with Gasteiger partial charge in [0.05, 0.1) is 0 Å². The van der Waals surface area contributed by atoms with Crippen molar-refractivity contribution in [3.63, 3.8) is 0 Å². The summed E-state index contributed by atoms with van der Waals surface area (Å²) in [4.78, 5) is 11.8. The summed E-state index contributed by atoms with van der Waals surface area (Å²) in [6, 6.07) is 7.76. The summed E-state index contributed by atoms with van der Waals surface area (Å²) >= 11 is 0. The van der Waals surface area contributed by atoms with E-state index < -0.39 is 16.1 Å². The van der Waals surface area contributed by atoms with Crippen LogP contribution in [0.5, 0.6) is 0 Å². The van der Waals surface area contributed by atoms with Crippen molar-refractivity contribution in [3.8, 4) is 0 Å². The topological polar surface area (TPSA) is 60.4 Å². The van der Waals surface area contributed by atoms with Crippen molar-refractivity contribution in [1.82, 2.24) is 0 Å². The van der Waals surface area contributed by atoms with Crippen LogP contribution in [0, 0.1) is 0 Å². The van der Waals surface area contributed by atoms with Gasteiger partial charge in [0.15, 0.2) is 0 Å². The molecule has 0 atom stereocenters. The standard InChI is InChI=1S/C24H38O4S/c1-2-3-4-5-6-7-8-9-10-11-12-13-14-15-19-22-24(25)28-29(26,27)23-20-17-16-18-21-23/h9-10,16-18,20-21H,2-8,11-15,19,22H2,1H3/b10-9-. The van der Waals surface area contributed by atoms with E-state index in [9.17, 15) is 13.2 Å². The normalized spacial score (nSPS) is 11.8. The van der Waals surface area contributed by atoms with Gasteiger partial charge >= 0.3 is 16.1 Å². The minimum absolute atomic E-state index is 0.0119. The van der Waals surface area contributed by atoms with Crippen LogP contribution < -0.4 is 0 Å². The van der Waals surface area contributed by atoms with Crippen LogP contribution in [0.15, 0.2) is 47.4 Å². The van der Waals surface area contributed by atoms with Gasteiger partial charge in [-0.3, -0.25) is 4.79 Å². The summed E-state index contributed by atoms with van der Waals surface area (Å²) in [5, 5.41) is 0. The fourth-order valence-electron chi connectivity index (χ4n) is 3.14. The highest BCUT2D eigenvalue weighted by Gasteiger charge is 2.19. The van der Waals surface area contributed by atoms with E-state index in [-0.39, 0.29) is 11.3 Å². The van der Waals surface area contributed by atoms with Crippen molar-refractivity contribution in [1.29, 1.82) is 0 Å². The Labute approximate surface area is 177 Å². The van der Waals surface area contributed by atoms with Crippen molar-refractivity contribution < 1.29 is 17.4 Å². The van der Waals surface area contributed by atoms with Crippen LogP contribution >= 0.6 is 0 Å². The molecule has 0 unspecified atom stereocenters. The molecule has 0 radical (unpaired) electrons. The molecule has 0 amide bonds. The van der Waals surface area contributed by atoms with E-state index in [0.29, 0.717) is 6.42 Å². The van der Waals surface area contributed by atoms with Crippen molar-refractivity contribution in [2.24, 2.45) is 0 Å². The lowest BCUT2D eigenvalue weighted by Crippen LogP contribution is -2.13. The van der Waals surface area contributed by atoms with Crippen molar-refractivity contribution >= 4 is 16.1 Å². The van der Waals surface area contributed by atoms with Crippen molar-refractivity contribution in [2.45, 2.75) is 102 Å². The maximum absolute atomic E-state index is 12.0. The van der Waals surface area contributed by atoms with Gasteiger partial charge in [-0.05, 0) is 44.2 Å². The summed E-state index contributed by atoms with van der Waals surface area (Å²) in [5.41, 5.74) is 0. The highest BCUT2D eigenvalue weighted by atomic mass is 32.2. The largest absolute Gasteiger partial charge is 0.342 e. The number of allylic oxidation sites excluding steroid dienone is 2. The van der Waals surface area contributed by atoms with Gasteiger partial charge in [0, 0.05) is 6.42 Å². The van der Waals surface area contributed by atoms with Gasteiger partial charge in [-0.1, -0.05) is 88.6 Å². The third-order valence-electron chi connectivity index (χ3n) is 4.88. The van der Waals surface area contributed by atoms with E-state index in [2.05, 4.69) is 23.3 Å². The van der Waals surface area contributed by atoms with Crippen LogP contribution in [0.2, 0.25) is 0 Å². The molecular weight excluding hydrogens is 384 g/mol. The Kier molecular flexibility index (Phi) is 14.2. The number of carbonyl (C=O) groups excluding carboxylic acids is 1. The van der Waals surface area contributed by atoms with E-state index in [4.69, 9.17) is 0 Å². The van der Waals surface area contributed by atoms with Gasteiger partial charge in [0.25, 0.3) is 0 Å². The first kappa shape index (κ1) is 25.4. The number of hydrogen-bond acceptors (Lipinski definition) is 4. The average molecular weight is 423 g/mol. The molecule has 0 saturated carbocycles. The number of unbranched alkanes of at least 4 members (excludes halogenated alkanes) is 11. The molecule has 0 aliphatic rings. The minimum atomic E-state index is -3.99. The second-order valence-electron chi connectivity index (χ2n) is 7.56. The molecule has 5 heteroatoms. The van der Waals surface area contributed by atoms with Crippen molar-refractivity contribution in [2.75, 3.05) is 0 Å². The summed E-state index contributed by atoms with van der Waals surface area (Å²) in [5.74, 6) is -0.675. The van der Waals surface area contributed by atoms with Crippen LogP contribution in [0.1, 0.15) is 96.8 Å². The highest BCUT2D eigenvalue weighted by molar-refractivity contribution is 7.87. The summed E-state index contributed by atoms with van der Waals surface area (Å²) in [6.45, 7) is 2.25. The zero-order chi connectivity index (χ0) is 21.2. The predicted octanol–water partition coefficient (Wildman–Crippen LogP) is 6.96. The monoisotopic (exact) mass is 422 g/mol. The first-order valence-corrected chi connectivity index (χ1v) is 12.6. The highest BCUT2D eigenvalue weighted by Crippen LogP contribution is 2.14. The van der Waals surface area contributed by atoms with Crippen LogP contribution in [0.4, 0.5) is 0 Å². The Morgan fingerprint density at radius 2 is 1.31 bits per heavy atom. The van der Waals surface area contributed by atoms with Gasteiger partial charge in [-0.2, -0.15) is 8.42 Å². The molecule has 0 spiro atoms. The van der Waals surface area contributed by atoms with Crippen LogP contribution in [-0.2, 0) is 19.1 Å². The quantitative estimate of drug-likeness (QED) is 0.155. The molecule has 4 nitrogen and oxygen atoms in total. The summed E-state index contributed by atoms with van der Waals surface area (Å²) in [6.07, 6.45) is 20.1. The number of carbonyl (C=O) groups is 1. The van der Waals surface area contributed by atoms with E-state index in [1.165, 1.54) is 63.5 Å². The predicted molar refractivity (Wildman–Crippen MR) is 119 cm³/mol. The molecule has 0 aliphatic carbocycles. The Morgan fingerprint density at radius 1 is 0.793 bits per heavy atom. The second kappa shape index (κ2) is 16.2. The molecule has 0 saturated heterocycles. The Balaban J connectivity index is 1.96. The molecule has 0 N–H and O–H groups in total. The smallest absolute Gasteiger partial charge is 0.341 e. The van der Waals surface area contributed by atoms with Crippen LogP contribution in [-0.4, -0.2) is 14.4 Å². The van der Waals surface area contributed by atoms with Crippen molar-refractivity contribution in [3.05, 3.63) is 42.5 Å². The number of rotatable bonds is 17. The average Bonchev–Trinajstić information content (AvgIpc) is 2.71. The Bertz CT molecular complexity index is 665. The van der Waals surface area contributed by atoms with Gasteiger partial charge < -0.3 is 4.18 Å². The molecule has 0 heterocycles. The lowest BCUT2D eigenvalue weighted by molar-refractivity contribution is -0.133. The van der Waals surface area contributed by atoms with Crippen LogP contribution in [0.3, 0.4) is 0 Å². The third-order valence-corrected chi connectivity index (χ3v) is 6.13. The maximum atomic E-state index is 12.0. The zero-order valence-electron chi connectivity index (χ0n) is 18.0. The van der Waals surface area contributed by atoms with E-state index in [0.717, 1.165) is 25.7 Å². The SMILES string of the molecule is CCCCCCCC/C=C\CCCCCCCC(=O)OS(=O)(=O)c1ccccc1. The molecule has 0 fully saturated rings. The zero-order valence-corrected chi connectivity index (χ0v) is 18.8. The molecule has 0 aromatic heterocycles. The van der Waals surface area contributed by atoms with Crippen LogP contribution in [0.25, 0.3) is 0 Å². The first-order chi connectivity index (χ1) is 14.1. The molecule has 1 rings (SSSR count). The third kappa shape index (κ3) is 13.3. The Morgan fingerprint density at radius 3 is 1.90 bits per heavy atom.